The predicted molar refractivity (Wildman–Crippen MR) is 87.7 cm³/mol. The molecule has 1 aromatic rings. The third-order valence-corrected chi connectivity index (χ3v) is 5.10. The van der Waals surface area contributed by atoms with Crippen molar-refractivity contribution in [2.75, 3.05) is 11.4 Å². The summed E-state index contributed by atoms with van der Waals surface area (Å²) in [4.78, 5) is 19.0. The molecule has 1 aliphatic rings. The molecule has 1 unspecified atom stereocenters. The highest BCUT2D eigenvalue weighted by Crippen LogP contribution is 2.36. The van der Waals surface area contributed by atoms with Crippen LogP contribution in [0.5, 0.6) is 0 Å². The Labute approximate surface area is 131 Å². The monoisotopic (exact) mass is 310 g/mol. The second kappa shape index (κ2) is 6.34. The van der Waals surface area contributed by atoms with Crippen LogP contribution in [0, 0.1) is 0 Å². The van der Waals surface area contributed by atoms with Crippen molar-refractivity contribution in [3.63, 3.8) is 0 Å². The molecule has 1 aromatic heterocycles. The molecule has 0 amide bonds. The summed E-state index contributed by atoms with van der Waals surface area (Å²) in [5.74, 6) is -0.854. The summed E-state index contributed by atoms with van der Waals surface area (Å²) in [6.45, 7) is 9.28. The highest BCUT2D eigenvalue weighted by atomic mass is 32.1. The molecular formula is C16H26N2O2S. The second-order valence-corrected chi connectivity index (χ2v) is 7.84. The summed E-state index contributed by atoms with van der Waals surface area (Å²) in [6.07, 6.45) is 5.95. The summed E-state index contributed by atoms with van der Waals surface area (Å²) >= 11 is 1.35. The highest BCUT2D eigenvalue weighted by Gasteiger charge is 2.31. The van der Waals surface area contributed by atoms with E-state index in [4.69, 9.17) is 4.98 Å². The van der Waals surface area contributed by atoms with E-state index in [-0.39, 0.29) is 5.41 Å². The van der Waals surface area contributed by atoms with Crippen LogP contribution in [0.25, 0.3) is 0 Å². The molecule has 2 heterocycles. The van der Waals surface area contributed by atoms with Gasteiger partial charge in [-0.25, -0.2) is 9.78 Å². The Hall–Kier alpha value is -1.10. The molecule has 21 heavy (non-hydrogen) atoms. The van der Waals surface area contributed by atoms with Crippen LogP contribution in [0.2, 0.25) is 0 Å². The van der Waals surface area contributed by atoms with Gasteiger partial charge in [-0.15, -0.1) is 0 Å². The van der Waals surface area contributed by atoms with Gasteiger partial charge in [-0.2, -0.15) is 0 Å². The number of aromatic nitrogens is 1. The summed E-state index contributed by atoms with van der Waals surface area (Å²) in [5.41, 5.74) is 0.481. The third kappa shape index (κ3) is 3.57. The number of piperidine rings is 1. The van der Waals surface area contributed by atoms with E-state index in [1.807, 2.05) is 20.8 Å². The molecule has 1 saturated heterocycles. The number of carboxylic acid groups (broad SMARTS) is 1. The van der Waals surface area contributed by atoms with E-state index in [0.29, 0.717) is 10.9 Å². The fourth-order valence-electron chi connectivity index (χ4n) is 2.97. The SMILES string of the molecule is CCCC1CCCCN1c1nc(C(C)(C)C)c(C(=O)O)s1. The van der Waals surface area contributed by atoms with Crippen LogP contribution < -0.4 is 4.90 Å². The molecular weight excluding hydrogens is 284 g/mol. The molecule has 0 aromatic carbocycles. The van der Waals surface area contributed by atoms with Gasteiger partial charge in [-0.3, -0.25) is 0 Å². The maximum Gasteiger partial charge on any atom is 0.347 e. The molecule has 0 saturated carbocycles. The van der Waals surface area contributed by atoms with E-state index < -0.39 is 5.97 Å². The highest BCUT2D eigenvalue weighted by molar-refractivity contribution is 7.17. The second-order valence-electron chi connectivity index (χ2n) is 6.86. The average molecular weight is 310 g/mol. The molecule has 0 spiro atoms. The zero-order valence-electron chi connectivity index (χ0n) is 13.5. The fourth-order valence-corrected chi connectivity index (χ4v) is 4.18. The third-order valence-electron chi connectivity index (χ3n) is 4.02. The van der Waals surface area contributed by atoms with Crippen LogP contribution in [-0.4, -0.2) is 28.6 Å². The van der Waals surface area contributed by atoms with Gasteiger partial charge >= 0.3 is 5.97 Å². The minimum absolute atomic E-state index is 0.238. The minimum atomic E-state index is -0.854. The van der Waals surface area contributed by atoms with Gasteiger partial charge in [0.1, 0.15) is 4.88 Å². The van der Waals surface area contributed by atoms with Gasteiger partial charge in [-0.05, 0) is 25.7 Å². The lowest BCUT2D eigenvalue weighted by molar-refractivity contribution is 0.0699. The summed E-state index contributed by atoms with van der Waals surface area (Å²) in [5, 5.41) is 10.4. The van der Waals surface area contributed by atoms with Crippen LogP contribution >= 0.6 is 11.3 Å². The molecule has 0 radical (unpaired) electrons. The van der Waals surface area contributed by atoms with Crippen LogP contribution in [0.1, 0.15) is 75.2 Å². The van der Waals surface area contributed by atoms with Gasteiger partial charge < -0.3 is 10.0 Å². The van der Waals surface area contributed by atoms with E-state index in [1.165, 1.54) is 30.6 Å². The quantitative estimate of drug-likeness (QED) is 0.901. The Balaban J connectivity index is 2.37. The number of rotatable bonds is 4. The Morgan fingerprint density at radius 1 is 1.43 bits per heavy atom. The zero-order valence-corrected chi connectivity index (χ0v) is 14.3. The first-order chi connectivity index (χ1) is 9.84. The summed E-state index contributed by atoms with van der Waals surface area (Å²) < 4.78 is 0. The maximum absolute atomic E-state index is 11.5. The molecule has 5 heteroatoms. The minimum Gasteiger partial charge on any atom is -0.477 e. The van der Waals surface area contributed by atoms with Crippen molar-refractivity contribution in [3.8, 4) is 0 Å². The molecule has 4 nitrogen and oxygen atoms in total. The van der Waals surface area contributed by atoms with Crippen molar-refractivity contribution >= 4 is 22.4 Å². The molecule has 2 rings (SSSR count). The van der Waals surface area contributed by atoms with Crippen molar-refractivity contribution in [2.24, 2.45) is 0 Å². The number of hydrogen-bond donors (Lipinski definition) is 1. The maximum atomic E-state index is 11.5. The number of carboxylic acids is 1. The molecule has 1 fully saturated rings. The van der Waals surface area contributed by atoms with Crippen molar-refractivity contribution < 1.29 is 9.90 Å². The molecule has 1 atom stereocenters. The number of thiazole rings is 1. The first-order valence-corrected chi connectivity index (χ1v) is 8.67. The first-order valence-electron chi connectivity index (χ1n) is 7.85. The van der Waals surface area contributed by atoms with Gasteiger partial charge in [0, 0.05) is 18.0 Å². The molecule has 1 N–H and O–H groups in total. The van der Waals surface area contributed by atoms with Crippen LogP contribution in [-0.2, 0) is 5.41 Å². The number of hydrogen-bond acceptors (Lipinski definition) is 4. The lowest BCUT2D eigenvalue weighted by Gasteiger charge is -2.35. The van der Waals surface area contributed by atoms with Crippen molar-refractivity contribution in [2.45, 2.75) is 71.3 Å². The Bertz CT molecular complexity index is 503. The van der Waals surface area contributed by atoms with Crippen LogP contribution in [0.4, 0.5) is 5.13 Å². The van der Waals surface area contributed by atoms with E-state index in [2.05, 4.69) is 11.8 Å². The van der Waals surface area contributed by atoms with Gasteiger partial charge in [0.25, 0.3) is 0 Å². The Morgan fingerprint density at radius 2 is 2.14 bits per heavy atom. The molecule has 0 aliphatic carbocycles. The number of aromatic carboxylic acids is 1. The predicted octanol–water partition coefficient (Wildman–Crippen LogP) is 4.30. The van der Waals surface area contributed by atoms with Crippen molar-refractivity contribution in [1.29, 1.82) is 0 Å². The van der Waals surface area contributed by atoms with Gasteiger partial charge in [0.15, 0.2) is 5.13 Å². The lowest BCUT2D eigenvalue weighted by atomic mass is 9.91. The standard InChI is InChI=1S/C16H26N2O2S/c1-5-8-11-9-6-7-10-18(11)15-17-13(16(2,3)4)12(21-15)14(19)20/h11H,5-10H2,1-4H3,(H,19,20). The Morgan fingerprint density at radius 3 is 2.67 bits per heavy atom. The van der Waals surface area contributed by atoms with E-state index in [0.717, 1.165) is 30.2 Å². The molecule has 0 bridgehead atoms. The smallest absolute Gasteiger partial charge is 0.347 e. The fraction of sp³-hybridized carbons (Fsp3) is 0.750. The number of nitrogens with zero attached hydrogens (tertiary/aromatic N) is 2. The Kier molecular flexibility index (Phi) is 4.91. The average Bonchev–Trinajstić information content (AvgIpc) is 2.85. The van der Waals surface area contributed by atoms with Gasteiger partial charge in [0.05, 0.1) is 5.69 Å². The van der Waals surface area contributed by atoms with E-state index in [9.17, 15) is 9.90 Å². The first kappa shape index (κ1) is 16.3. The topological polar surface area (TPSA) is 53.4 Å². The number of anilines is 1. The van der Waals surface area contributed by atoms with Crippen LogP contribution in [0.15, 0.2) is 0 Å². The summed E-state index contributed by atoms with van der Waals surface area (Å²) in [6, 6.07) is 0.518. The van der Waals surface area contributed by atoms with Crippen LogP contribution in [0.3, 0.4) is 0 Å². The normalized spacial score (nSPS) is 19.8. The van der Waals surface area contributed by atoms with E-state index in [1.54, 1.807) is 0 Å². The van der Waals surface area contributed by atoms with Gasteiger partial charge in [0.2, 0.25) is 0 Å². The zero-order chi connectivity index (χ0) is 15.6. The van der Waals surface area contributed by atoms with Gasteiger partial charge in [-0.1, -0.05) is 45.5 Å². The number of carbonyl (C=O) groups is 1. The lowest BCUT2D eigenvalue weighted by Crippen LogP contribution is -2.39. The molecule has 1 aliphatic heterocycles. The summed E-state index contributed by atoms with van der Waals surface area (Å²) in [7, 11) is 0. The largest absolute Gasteiger partial charge is 0.477 e. The van der Waals surface area contributed by atoms with Crippen molar-refractivity contribution in [3.05, 3.63) is 10.6 Å². The van der Waals surface area contributed by atoms with E-state index >= 15 is 0 Å². The van der Waals surface area contributed by atoms with Crippen molar-refractivity contribution in [1.82, 2.24) is 4.98 Å². The molecule has 118 valence electrons.